The van der Waals surface area contributed by atoms with E-state index in [4.69, 9.17) is 21.4 Å². The van der Waals surface area contributed by atoms with E-state index in [-0.39, 0.29) is 22.9 Å². The highest BCUT2D eigenvalue weighted by Gasteiger charge is 2.15. The molecule has 0 spiro atoms. The fourth-order valence-electron chi connectivity index (χ4n) is 1.73. The second-order valence-electron chi connectivity index (χ2n) is 3.84. The first-order valence-electron chi connectivity index (χ1n) is 5.78. The summed E-state index contributed by atoms with van der Waals surface area (Å²) in [5, 5.41) is 9.36. The SMILES string of the molecule is CCn1ccnc1COc1c(Cl)cccc1C(=O)O. The number of benzene rings is 1. The number of carbonyl (C=O) groups is 1. The number of ether oxygens (including phenoxy) is 1. The van der Waals surface area contributed by atoms with E-state index < -0.39 is 5.97 Å². The van der Waals surface area contributed by atoms with Crippen molar-refractivity contribution in [1.29, 1.82) is 0 Å². The third-order valence-corrected chi connectivity index (χ3v) is 2.98. The van der Waals surface area contributed by atoms with Gasteiger partial charge in [-0.25, -0.2) is 9.78 Å². The zero-order valence-electron chi connectivity index (χ0n) is 10.3. The number of carboxylic acids is 1. The second-order valence-corrected chi connectivity index (χ2v) is 4.25. The molecule has 0 bridgehead atoms. The van der Waals surface area contributed by atoms with Gasteiger partial charge in [-0.1, -0.05) is 17.7 Å². The number of aromatic carboxylic acids is 1. The smallest absolute Gasteiger partial charge is 0.339 e. The van der Waals surface area contributed by atoms with Crippen LogP contribution in [0.25, 0.3) is 0 Å². The molecule has 0 aliphatic carbocycles. The first-order valence-corrected chi connectivity index (χ1v) is 6.16. The first-order chi connectivity index (χ1) is 9.13. The van der Waals surface area contributed by atoms with Gasteiger partial charge in [-0.2, -0.15) is 0 Å². The maximum atomic E-state index is 11.1. The summed E-state index contributed by atoms with van der Waals surface area (Å²) < 4.78 is 7.43. The van der Waals surface area contributed by atoms with E-state index in [1.807, 2.05) is 17.7 Å². The molecule has 2 aromatic rings. The van der Waals surface area contributed by atoms with Gasteiger partial charge in [0.1, 0.15) is 18.0 Å². The van der Waals surface area contributed by atoms with Gasteiger partial charge in [0.15, 0.2) is 5.75 Å². The van der Waals surface area contributed by atoms with Gasteiger partial charge in [-0.3, -0.25) is 0 Å². The summed E-state index contributed by atoms with van der Waals surface area (Å²) in [6.07, 6.45) is 3.51. The predicted molar refractivity (Wildman–Crippen MR) is 70.6 cm³/mol. The Labute approximate surface area is 115 Å². The number of hydrogen-bond acceptors (Lipinski definition) is 3. The van der Waals surface area contributed by atoms with Crippen molar-refractivity contribution in [3.63, 3.8) is 0 Å². The Morgan fingerprint density at radius 1 is 1.53 bits per heavy atom. The molecule has 1 aromatic carbocycles. The van der Waals surface area contributed by atoms with Crippen molar-refractivity contribution >= 4 is 17.6 Å². The van der Waals surface area contributed by atoms with Crippen LogP contribution < -0.4 is 4.74 Å². The standard InChI is InChI=1S/C13H13ClN2O3/c1-2-16-7-6-15-11(16)8-19-12-9(13(17)18)4-3-5-10(12)14/h3-7H,2,8H2,1H3,(H,17,18). The number of carboxylic acid groups (broad SMARTS) is 1. The highest BCUT2D eigenvalue weighted by molar-refractivity contribution is 6.32. The normalized spacial score (nSPS) is 10.4. The third-order valence-electron chi connectivity index (χ3n) is 2.69. The Balaban J connectivity index is 2.22. The topological polar surface area (TPSA) is 64.4 Å². The lowest BCUT2D eigenvalue weighted by Crippen LogP contribution is -2.08. The Bertz CT molecular complexity index is 595. The zero-order chi connectivity index (χ0) is 13.8. The van der Waals surface area contributed by atoms with Crippen LogP contribution in [-0.4, -0.2) is 20.6 Å². The summed E-state index contributed by atoms with van der Waals surface area (Å²) >= 11 is 5.97. The number of nitrogens with zero attached hydrogens (tertiary/aromatic N) is 2. The largest absolute Gasteiger partial charge is 0.483 e. The highest BCUT2D eigenvalue weighted by atomic mass is 35.5. The monoisotopic (exact) mass is 280 g/mol. The Kier molecular flexibility index (Phi) is 4.06. The molecule has 0 saturated carbocycles. The van der Waals surface area contributed by atoms with E-state index >= 15 is 0 Å². The van der Waals surface area contributed by atoms with E-state index in [0.717, 1.165) is 12.4 Å². The lowest BCUT2D eigenvalue weighted by molar-refractivity contribution is 0.0691. The number of hydrogen-bond donors (Lipinski definition) is 1. The number of rotatable bonds is 5. The average molecular weight is 281 g/mol. The van der Waals surface area contributed by atoms with Crippen molar-refractivity contribution in [2.24, 2.45) is 0 Å². The van der Waals surface area contributed by atoms with Crippen molar-refractivity contribution < 1.29 is 14.6 Å². The summed E-state index contributed by atoms with van der Waals surface area (Å²) in [7, 11) is 0. The maximum Gasteiger partial charge on any atom is 0.339 e. The first kappa shape index (κ1) is 13.4. The van der Waals surface area contributed by atoms with Crippen LogP contribution in [0, 0.1) is 0 Å². The van der Waals surface area contributed by atoms with Crippen molar-refractivity contribution in [3.8, 4) is 5.75 Å². The quantitative estimate of drug-likeness (QED) is 0.915. The van der Waals surface area contributed by atoms with Crippen LogP contribution >= 0.6 is 11.6 Å². The molecule has 0 radical (unpaired) electrons. The molecule has 0 fully saturated rings. The van der Waals surface area contributed by atoms with E-state index in [1.165, 1.54) is 6.07 Å². The molecule has 5 nitrogen and oxygen atoms in total. The number of halogens is 1. The van der Waals surface area contributed by atoms with Crippen LogP contribution in [0.5, 0.6) is 5.75 Å². The molecule has 2 rings (SSSR count). The fraction of sp³-hybridized carbons (Fsp3) is 0.231. The molecule has 1 heterocycles. The van der Waals surface area contributed by atoms with Gasteiger partial charge >= 0.3 is 5.97 Å². The second kappa shape index (κ2) is 5.75. The van der Waals surface area contributed by atoms with Gasteiger partial charge in [-0.05, 0) is 19.1 Å². The molecule has 100 valence electrons. The van der Waals surface area contributed by atoms with Crippen LogP contribution in [0.3, 0.4) is 0 Å². The lowest BCUT2D eigenvalue weighted by Gasteiger charge is -2.11. The minimum Gasteiger partial charge on any atom is -0.483 e. The Hall–Kier alpha value is -2.01. The Morgan fingerprint density at radius 3 is 3.00 bits per heavy atom. The number of para-hydroxylation sites is 1. The van der Waals surface area contributed by atoms with E-state index in [9.17, 15) is 4.79 Å². The van der Waals surface area contributed by atoms with Gasteiger partial charge in [0.05, 0.1) is 5.02 Å². The zero-order valence-corrected chi connectivity index (χ0v) is 11.1. The minimum atomic E-state index is -1.07. The van der Waals surface area contributed by atoms with Crippen molar-refractivity contribution in [2.45, 2.75) is 20.1 Å². The van der Waals surface area contributed by atoms with Gasteiger partial charge in [0.2, 0.25) is 0 Å². The fourth-order valence-corrected chi connectivity index (χ4v) is 1.96. The maximum absolute atomic E-state index is 11.1. The minimum absolute atomic E-state index is 0.0436. The molecule has 1 N–H and O–H groups in total. The predicted octanol–water partition coefficient (Wildman–Crippen LogP) is 2.83. The molecule has 0 atom stereocenters. The lowest BCUT2D eigenvalue weighted by atomic mass is 10.2. The number of aromatic nitrogens is 2. The number of aryl methyl sites for hydroxylation is 1. The van der Waals surface area contributed by atoms with Gasteiger partial charge in [0.25, 0.3) is 0 Å². The van der Waals surface area contributed by atoms with Crippen LogP contribution in [0.2, 0.25) is 5.02 Å². The molecule has 19 heavy (non-hydrogen) atoms. The van der Waals surface area contributed by atoms with Gasteiger partial charge in [0, 0.05) is 18.9 Å². The third kappa shape index (κ3) is 2.88. The molecule has 0 saturated heterocycles. The average Bonchev–Trinajstić information content (AvgIpc) is 2.84. The van der Waals surface area contributed by atoms with Gasteiger partial charge in [-0.15, -0.1) is 0 Å². The molecule has 0 amide bonds. The molecule has 0 aliphatic heterocycles. The summed E-state index contributed by atoms with van der Waals surface area (Å²) in [5.41, 5.74) is 0.0436. The highest BCUT2D eigenvalue weighted by Crippen LogP contribution is 2.29. The summed E-state index contributed by atoms with van der Waals surface area (Å²) in [6.45, 7) is 2.93. The molecule has 6 heteroatoms. The van der Waals surface area contributed by atoms with E-state index in [0.29, 0.717) is 0 Å². The summed E-state index contributed by atoms with van der Waals surface area (Å²) in [6, 6.07) is 4.62. The van der Waals surface area contributed by atoms with E-state index in [1.54, 1.807) is 18.3 Å². The molecular formula is C13H13ClN2O3. The molecule has 0 aliphatic rings. The molecule has 0 unspecified atom stereocenters. The molecular weight excluding hydrogens is 268 g/mol. The summed E-state index contributed by atoms with van der Waals surface area (Å²) in [5.74, 6) is -0.183. The molecule has 1 aromatic heterocycles. The van der Waals surface area contributed by atoms with Crippen LogP contribution in [0.15, 0.2) is 30.6 Å². The van der Waals surface area contributed by atoms with Crippen molar-refractivity contribution in [3.05, 3.63) is 47.0 Å². The van der Waals surface area contributed by atoms with Crippen LogP contribution in [0.4, 0.5) is 0 Å². The van der Waals surface area contributed by atoms with Gasteiger partial charge < -0.3 is 14.4 Å². The van der Waals surface area contributed by atoms with Crippen LogP contribution in [0.1, 0.15) is 23.1 Å². The van der Waals surface area contributed by atoms with E-state index in [2.05, 4.69) is 4.98 Å². The van der Waals surface area contributed by atoms with Crippen molar-refractivity contribution in [1.82, 2.24) is 9.55 Å². The van der Waals surface area contributed by atoms with Crippen LogP contribution in [-0.2, 0) is 13.2 Å². The van der Waals surface area contributed by atoms with Crippen molar-refractivity contribution in [2.75, 3.05) is 0 Å². The number of imidazole rings is 1. The summed E-state index contributed by atoms with van der Waals surface area (Å²) in [4.78, 5) is 15.3. The Morgan fingerprint density at radius 2 is 2.32 bits per heavy atom.